The summed E-state index contributed by atoms with van der Waals surface area (Å²) >= 11 is 4.88. The van der Waals surface area contributed by atoms with Crippen molar-refractivity contribution in [1.29, 1.82) is 0 Å². The third kappa shape index (κ3) is 2.61. The number of fused-ring (bicyclic) bond motifs is 2. The molecule has 1 aliphatic rings. The lowest BCUT2D eigenvalue weighted by molar-refractivity contribution is 0.0977. The molecule has 2 aromatic carbocycles. The normalized spacial score (nSPS) is 12.8. The second-order valence-electron chi connectivity index (χ2n) is 5.74. The van der Waals surface area contributed by atoms with Gasteiger partial charge >= 0.3 is 0 Å². The Morgan fingerprint density at radius 2 is 1.65 bits per heavy atom. The topological polar surface area (TPSA) is 67.5 Å². The van der Waals surface area contributed by atoms with Gasteiger partial charge in [-0.25, -0.2) is 0 Å². The Morgan fingerprint density at radius 3 is 2.27 bits per heavy atom. The summed E-state index contributed by atoms with van der Waals surface area (Å²) in [7, 11) is 0. The van der Waals surface area contributed by atoms with E-state index in [4.69, 9.17) is 4.42 Å². The zero-order valence-corrected chi connectivity index (χ0v) is 15.9. The molecule has 0 aliphatic heterocycles. The van der Waals surface area contributed by atoms with Gasteiger partial charge in [-0.05, 0) is 18.2 Å². The van der Waals surface area contributed by atoms with Gasteiger partial charge in [0.25, 0.3) is 0 Å². The maximum atomic E-state index is 13.2. The van der Waals surface area contributed by atoms with Crippen LogP contribution in [0.3, 0.4) is 0 Å². The molecule has 26 heavy (non-hydrogen) atoms. The minimum Gasteiger partial charge on any atom is -0.507 e. The number of benzene rings is 2. The summed E-state index contributed by atoms with van der Waals surface area (Å²) in [6.07, 6.45) is 1.52. The summed E-state index contributed by atoms with van der Waals surface area (Å²) in [4.78, 5) is 26.9. The van der Waals surface area contributed by atoms with Crippen molar-refractivity contribution < 1.29 is 19.1 Å². The lowest BCUT2D eigenvalue weighted by Gasteiger charge is -2.22. The van der Waals surface area contributed by atoms with Crippen LogP contribution >= 0.6 is 27.7 Å². The van der Waals surface area contributed by atoms with Crippen LogP contribution in [0.2, 0.25) is 0 Å². The molecule has 0 bridgehead atoms. The second kappa shape index (κ2) is 6.78. The lowest BCUT2D eigenvalue weighted by Crippen LogP contribution is -2.22. The molecule has 1 aliphatic carbocycles. The molecule has 130 valence electrons. The van der Waals surface area contributed by atoms with Crippen LogP contribution in [0.1, 0.15) is 31.8 Å². The third-order valence-corrected chi connectivity index (χ3v) is 6.21. The van der Waals surface area contributed by atoms with Crippen LogP contribution in [0.4, 0.5) is 0 Å². The van der Waals surface area contributed by atoms with E-state index < -0.39 is 0 Å². The number of rotatable bonds is 4. The van der Waals surface area contributed by atoms with Gasteiger partial charge in [0.05, 0.1) is 11.8 Å². The first kappa shape index (κ1) is 17.1. The first-order valence-electron chi connectivity index (χ1n) is 7.94. The van der Waals surface area contributed by atoms with Crippen LogP contribution in [0.25, 0.3) is 11.3 Å². The quantitative estimate of drug-likeness (QED) is 0.369. The maximum absolute atomic E-state index is 13.2. The molecule has 0 saturated carbocycles. The molecule has 4 nitrogen and oxygen atoms in total. The summed E-state index contributed by atoms with van der Waals surface area (Å²) in [6, 6.07) is 11.7. The average molecular weight is 429 g/mol. The third-order valence-electron chi connectivity index (χ3n) is 4.24. The predicted octanol–water partition coefficient (Wildman–Crippen LogP) is 4.91. The van der Waals surface area contributed by atoms with Crippen molar-refractivity contribution in [1.82, 2.24) is 0 Å². The molecule has 0 saturated heterocycles. The predicted molar refractivity (Wildman–Crippen MR) is 104 cm³/mol. The summed E-state index contributed by atoms with van der Waals surface area (Å²) in [6.45, 7) is 0. The van der Waals surface area contributed by atoms with Crippen molar-refractivity contribution in [3.63, 3.8) is 0 Å². The molecule has 0 atom stereocenters. The molecule has 0 spiro atoms. The van der Waals surface area contributed by atoms with E-state index in [1.165, 1.54) is 18.0 Å². The number of ketones is 2. The molecular formula is C20H13BrO4S. The Hall–Kier alpha value is -2.31. The molecule has 0 radical (unpaired) electrons. The van der Waals surface area contributed by atoms with Gasteiger partial charge < -0.3 is 9.52 Å². The molecule has 1 N–H and O–H groups in total. The first-order valence-corrected chi connectivity index (χ1v) is 10.0. The monoisotopic (exact) mass is 428 g/mol. The minimum absolute atomic E-state index is 0.0447. The highest BCUT2D eigenvalue weighted by Gasteiger charge is 2.36. The Morgan fingerprint density at radius 1 is 0.962 bits per heavy atom. The van der Waals surface area contributed by atoms with Crippen molar-refractivity contribution in [2.24, 2.45) is 0 Å². The summed E-state index contributed by atoms with van der Waals surface area (Å²) in [5.74, 6) is 0.430. The largest absolute Gasteiger partial charge is 0.507 e. The fraction of sp³-hybridized carbons (Fsp3) is 0.100. The lowest BCUT2D eigenvalue weighted by atomic mass is 9.81. The number of aromatic hydroxyl groups is 1. The van der Waals surface area contributed by atoms with Gasteiger partial charge in [0.2, 0.25) is 0 Å². The fourth-order valence-corrected chi connectivity index (χ4v) is 4.50. The number of phenolic OH excluding ortho intramolecular Hbond substituents is 1. The van der Waals surface area contributed by atoms with Crippen LogP contribution in [0.15, 0.2) is 58.0 Å². The van der Waals surface area contributed by atoms with Crippen LogP contribution in [0, 0.1) is 0 Å². The maximum Gasteiger partial charge on any atom is 0.198 e. The van der Waals surface area contributed by atoms with Crippen LogP contribution in [-0.2, 0) is 0 Å². The number of hydrogen-bond acceptors (Lipinski definition) is 5. The van der Waals surface area contributed by atoms with Crippen molar-refractivity contribution in [3.8, 4) is 17.1 Å². The van der Waals surface area contributed by atoms with Crippen molar-refractivity contribution in [3.05, 3.63) is 71.0 Å². The molecule has 3 aromatic rings. The van der Waals surface area contributed by atoms with Gasteiger partial charge in [0.15, 0.2) is 11.6 Å². The smallest absolute Gasteiger partial charge is 0.198 e. The highest BCUT2D eigenvalue weighted by Crippen LogP contribution is 2.44. The highest BCUT2D eigenvalue weighted by atomic mass is 79.9. The van der Waals surface area contributed by atoms with E-state index >= 15 is 0 Å². The summed E-state index contributed by atoms with van der Waals surface area (Å²) < 4.78 is 5.55. The molecular weight excluding hydrogens is 416 g/mol. The van der Waals surface area contributed by atoms with Gasteiger partial charge in [0, 0.05) is 38.2 Å². The van der Waals surface area contributed by atoms with Crippen molar-refractivity contribution >= 4 is 39.3 Å². The Labute approximate surface area is 162 Å². The van der Waals surface area contributed by atoms with Crippen LogP contribution in [0.5, 0.6) is 5.75 Å². The zero-order valence-electron chi connectivity index (χ0n) is 13.5. The molecule has 4 rings (SSSR count). The minimum atomic E-state index is -0.349. The fourth-order valence-electron chi connectivity index (χ4n) is 3.18. The van der Waals surface area contributed by atoms with E-state index in [0.717, 1.165) is 11.1 Å². The number of hydrogen-bond donors (Lipinski definition) is 1. The van der Waals surface area contributed by atoms with Gasteiger partial charge in [0.1, 0.15) is 11.5 Å². The van der Waals surface area contributed by atoms with Crippen molar-refractivity contribution in [2.45, 2.75) is 4.90 Å². The number of thioether (sulfide) groups is 1. The molecule has 1 aromatic heterocycles. The molecule has 0 amide bonds. The zero-order chi connectivity index (χ0) is 18.3. The number of alkyl halides is 1. The molecule has 1 heterocycles. The average Bonchev–Trinajstić information content (AvgIpc) is 3.18. The van der Waals surface area contributed by atoms with E-state index in [-0.39, 0.29) is 28.4 Å². The van der Waals surface area contributed by atoms with E-state index in [2.05, 4.69) is 15.9 Å². The highest BCUT2D eigenvalue weighted by molar-refractivity contribution is 9.09. The van der Waals surface area contributed by atoms with Crippen molar-refractivity contribution in [2.75, 3.05) is 11.1 Å². The SMILES string of the molecule is O=C1c2ccccc2C(=O)c2c1c(O)cc(SCCBr)c2-c1ccco1. The number of carbonyl (C=O) groups excluding carboxylic acids is 2. The van der Waals surface area contributed by atoms with Gasteiger partial charge in [-0.15, -0.1) is 11.8 Å². The van der Waals surface area contributed by atoms with Gasteiger partial charge in [-0.3, -0.25) is 9.59 Å². The van der Waals surface area contributed by atoms with Crippen LogP contribution in [-0.4, -0.2) is 27.8 Å². The van der Waals surface area contributed by atoms with Gasteiger partial charge in [-0.2, -0.15) is 0 Å². The summed E-state index contributed by atoms with van der Waals surface area (Å²) in [5, 5.41) is 11.3. The first-order chi connectivity index (χ1) is 12.6. The van der Waals surface area contributed by atoms with E-state index in [1.54, 1.807) is 42.5 Å². The molecule has 0 unspecified atom stereocenters. The number of furan rings is 1. The van der Waals surface area contributed by atoms with Gasteiger partial charge in [-0.1, -0.05) is 40.2 Å². The Balaban J connectivity index is 2.05. The Kier molecular flexibility index (Phi) is 4.46. The number of phenols is 1. The van der Waals surface area contributed by atoms with E-state index in [1.807, 2.05) is 0 Å². The Bertz CT molecular complexity index is 1020. The van der Waals surface area contributed by atoms with Crippen LogP contribution < -0.4 is 0 Å². The molecule has 0 fully saturated rings. The van der Waals surface area contributed by atoms with E-state index in [9.17, 15) is 14.7 Å². The standard InChI is InChI=1S/C20H13BrO4S/c21-7-9-26-15-10-13(22)16-18(17(15)14-6-3-8-25-14)20(24)12-5-2-1-4-11(12)19(16)23/h1-6,8,10,22H,7,9H2. The summed E-state index contributed by atoms with van der Waals surface area (Å²) in [5.41, 5.74) is 1.47. The second-order valence-corrected chi connectivity index (χ2v) is 7.67. The number of carbonyl (C=O) groups is 2. The number of halogens is 1. The van der Waals surface area contributed by atoms with E-state index in [0.29, 0.717) is 27.3 Å². The molecule has 6 heteroatoms.